The molecular weight excluding hydrogens is 233 g/mol. The first-order valence-electron chi connectivity index (χ1n) is 6.42. The van der Waals surface area contributed by atoms with Crippen LogP contribution >= 0.6 is 11.8 Å². The van der Waals surface area contributed by atoms with Crippen LogP contribution in [-0.4, -0.2) is 11.8 Å². The van der Waals surface area contributed by atoms with Gasteiger partial charge in [0.1, 0.15) is 5.82 Å². The SMILES string of the molecule is CC(NC1CCSc2ccc(F)cc21)C1CC1. The first-order valence-corrected chi connectivity index (χ1v) is 7.41. The van der Waals surface area contributed by atoms with Crippen molar-refractivity contribution in [1.82, 2.24) is 5.32 Å². The predicted molar refractivity (Wildman–Crippen MR) is 69.8 cm³/mol. The van der Waals surface area contributed by atoms with Crippen molar-refractivity contribution in [3.05, 3.63) is 29.6 Å². The molecule has 1 fully saturated rings. The van der Waals surface area contributed by atoms with Crippen molar-refractivity contribution in [1.29, 1.82) is 0 Å². The fourth-order valence-electron chi connectivity index (χ4n) is 2.59. The number of benzene rings is 1. The van der Waals surface area contributed by atoms with Crippen molar-refractivity contribution in [3.63, 3.8) is 0 Å². The minimum atomic E-state index is -0.114. The summed E-state index contributed by atoms with van der Waals surface area (Å²) < 4.78 is 13.3. The van der Waals surface area contributed by atoms with Crippen LogP contribution < -0.4 is 5.32 Å². The van der Waals surface area contributed by atoms with Crippen LogP contribution in [0.5, 0.6) is 0 Å². The molecule has 1 aromatic carbocycles. The van der Waals surface area contributed by atoms with E-state index in [4.69, 9.17) is 0 Å². The second kappa shape index (κ2) is 4.62. The highest BCUT2D eigenvalue weighted by molar-refractivity contribution is 7.99. The normalized spacial score (nSPS) is 25.4. The fourth-order valence-corrected chi connectivity index (χ4v) is 3.69. The van der Waals surface area contributed by atoms with Gasteiger partial charge in [-0.15, -0.1) is 11.8 Å². The van der Waals surface area contributed by atoms with Crippen LogP contribution in [-0.2, 0) is 0 Å². The molecule has 3 rings (SSSR count). The third kappa shape index (κ3) is 2.50. The number of halogens is 1. The minimum Gasteiger partial charge on any atom is -0.307 e. The van der Waals surface area contributed by atoms with E-state index >= 15 is 0 Å². The van der Waals surface area contributed by atoms with Crippen molar-refractivity contribution in [2.24, 2.45) is 5.92 Å². The van der Waals surface area contributed by atoms with E-state index in [1.54, 1.807) is 12.1 Å². The Bertz CT molecular complexity index is 417. The van der Waals surface area contributed by atoms with Crippen LogP contribution in [0.25, 0.3) is 0 Å². The lowest BCUT2D eigenvalue weighted by atomic mass is 10.0. The molecule has 2 unspecified atom stereocenters. The molecule has 1 nitrogen and oxygen atoms in total. The van der Waals surface area contributed by atoms with Crippen LogP contribution in [0.15, 0.2) is 23.1 Å². The van der Waals surface area contributed by atoms with Gasteiger partial charge in [-0.3, -0.25) is 0 Å². The predicted octanol–water partition coefficient (Wildman–Crippen LogP) is 3.75. The van der Waals surface area contributed by atoms with E-state index in [1.807, 2.05) is 17.8 Å². The smallest absolute Gasteiger partial charge is 0.123 e. The lowest BCUT2D eigenvalue weighted by Crippen LogP contribution is -2.33. The van der Waals surface area contributed by atoms with Crippen LogP contribution in [0.3, 0.4) is 0 Å². The molecule has 1 N–H and O–H groups in total. The molecule has 1 heterocycles. The van der Waals surface area contributed by atoms with Crippen LogP contribution in [0.2, 0.25) is 0 Å². The Morgan fingerprint density at radius 3 is 2.94 bits per heavy atom. The first-order chi connectivity index (χ1) is 8.24. The second-order valence-corrected chi connectivity index (χ2v) is 6.30. The van der Waals surface area contributed by atoms with Crippen LogP contribution in [0.4, 0.5) is 4.39 Å². The van der Waals surface area contributed by atoms with Gasteiger partial charge in [0.05, 0.1) is 0 Å². The molecule has 2 aliphatic rings. The van der Waals surface area contributed by atoms with Crippen LogP contribution in [0, 0.1) is 11.7 Å². The zero-order valence-corrected chi connectivity index (χ0v) is 10.9. The maximum atomic E-state index is 13.3. The molecule has 1 aliphatic carbocycles. The summed E-state index contributed by atoms with van der Waals surface area (Å²) in [5.74, 6) is 1.87. The maximum Gasteiger partial charge on any atom is 0.123 e. The first kappa shape index (κ1) is 11.5. The highest BCUT2D eigenvalue weighted by atomic mass is 32.2. The molecule has 0 radical (unpaired) electrons. The second-order valence-electron chi connectivity index (χ2n) is 5.16. The van der Waals surface area contributed by atoms with Gasteiger partial charge >= 0.3 is 0 Å². The Morgan fingerprint density at radius 1 is 1.35 bits per heavy atom. The summed E-state index contributed by atoms with van der Waals surface area (Å²) in [5, 5.41) is 3.68. The summed E-state index contributed by atoms with van der Waals surface area (Å²) in [6.45, 7) is 2.26. The average Bonchev–Trinajstić information content (AvgIpc) is 3.13. The topological polar surface area (TPSA) is 12.0 Å². The molecular formula is C14H18FNS. The minimum absolute atomic E-state index is 0.114. The van der Waals surface area contributed by atoms with E-state index in [1.165, 1.54) is 17.7 Å². The van der Waals surface area contributed by atoms with Crippen molar-refractivity contribution in [2.45, 2.75) is 43.2 Å². The van der Waals surface area contributed by atoms with Crippen molar-refractivity contribution < 1.29 is 4.39 Å². The Morgan fingerprint density at radius 2 is 2.18 bits per heavy atom. The van der Waals surface area contributed by atoms with Crippen LogP contribution in [0.1, 0.15) is 37.8 Å². The summed E-state index contributed by atoms with van der Waals surface area (Å²) in [4.78, 5) is 1.25. The number of hydrogen-bond donors (Lipinski definition) is 1. The highest BCUT2D eigenvalue weighted by Crippen LogP contribution is 2.39. The van der Waals surface area contributed by atoms with Gasteiger partial charge in [0.25, 0.3) is 0 Å². The molecule has 0 amide bonds. The molecule has 2 atom stereocenters. The van der Waals surface area contributed by atoms with E-state index in [-0.39, 0.29) is 5.82 Å². The Balaban J connectivity index is 1.80. The molecule has 0 bridgehead atoms. The van der Waals surface area contributed by atoms with Crippen molar-refractivity contribution in [2.75, 3.05) is 5.75 Å². The molecule has 3 heteroatoms. The largest absolute Gasteiger partial charge is 0.307 e. The standard InChI is InChI=1S/C14H18FNS/c1-9(10-2-3-10)16-13-6-7-17-14-5-4-11(15)8-12(13)14/h4-5,8-10,13,16H,2-3,6-7H2,1H3. The van der Waals surface area contributed by atoms with E-state index in [2.05, 4.69) is 12.2 Å². The van der Waals surface area contributed by atoms with E-state index in [9.17, 15) is 4.39 Å². The highest BCUT2D eigenvalue weighted by Gasteiger charge is 2.31. The van der Waals surface area contributed by atoms with Gasteiger partial charge < -0.3 is 5.32 Å². The number of rotatable bonds is 3. The number of nitrogens with one attached hydrogen (secondary N) is 1. The van der Waals surface area contributed by atoms with Gasteiger partial charge in [-0.1, -0.05) is 0 Å². The van der Waals surface area contributed by atoms with Gasteiger partial charge in [-0.05, 0) is 61.6 Å². The van der Waals surface area contributed by atoms with Gasteiger partial charge in [0.2, 0.25) is 0 Å². The van der Waals surface area contributed by atoms with Gasteiger partial charge in [-0.25, -0.2) is 4.39 Å². The van der Waals surface area contributed by atoms with Gasteiger partial charge in [0, 0.05) is 17.0 Å². The molecule has 0 saturated heterocycles. The number of fused-ring (bicyclic) bond motifs is 1. The lowest BCUT2D eigenvalue weighted by molar-refractivity contribution is 0.408. The van der Waals surface area contributed by atoms with E-state index < -0.39 is 0 Å². The summed E-state index contributed by atoms with van der Waals surface area (Å²) in [7, 11) is 0. The van der Waals surface area contributed by atoms with Crippen molar-refractivity contribution in [3.8, 4) is 0 Å². The van der Waals surface area contributed by atoms with Gasteiger partial charge in [-0.2, -0.15) is 0 Å². The monoisotopic (exact) mass is 251 g/mol. The lowest BCUT2D eigenvalue weighted by Gasteiger charge is -2.29. The fraction of sp³-hybridized carbons (Fsp3) is 0.571. The Labute approximate surface area is 106 Å². The number of thioether (sulfide) groups is 1. The molecule has 0 spiro atoms. The summed E-state index contributed by atoms with van der Waals surface area (Å²) in [6.07, 6.45) is 3.81. The summed E-state index contributed by atoms with van der Waals surface area (Å²) in [5.41, 5.74) is 1.16. The van der Waals surface area contributed by atoms with E-state index in [0.29, 0.717) is 12.1 Å². The number of hydrogen-bond acceptors (Lipinski definition) is 2. The summed E-state index contributed by atoms with van der Waals surface area (Å²) >= 11 is 1.85. The molecule has 92 valence electrons. The Hall–Kier alpha value is -0.540. The zero-order chi connectivity index (χ0) is 11.8. The molecule has 1 aromatic rings. The van der Waals surface area contributed by atoms with Gasteiger partial charge in [0.15, 0.2) is 0 Å². The average molecular weight is 251 g/mol. The summed E-state index contributed by atoms with van der Waals surface area (Å²) in [6, 6.07) is 6.11. The third-order valence-corrected chi connectivity index (χ3v) is 4.93. The molecule has 1 saturated carbocycles. The maximum absolute atomic E-state index is 13.3. The quantitative estimate of drug-likeness (QED) is 0.878. The molecule has 0 aromatic heterocycles. The van der Waals surface area contributed by atoms with Crippen molar-refractivity contribution >= 4 is 11.8 Å². The Kier molecular flexibility index (Phi) is 3.14. The zero-order valence-electron chi connectivity index (χ0n) is 10.1. The van der Waals surface area contributed by atoms with E-state index in [0.717, 1.165) is 23.7 Å². The molecule has 1 aliphatic heterocycles. The molecule has 17 heavy (non-hydrogen) atoms. The third-order valence-electron chi connectivity index (χ3n) is 3.80.